The molecule has 0 bridgehead atoms. The van der Waals surface area contributed by atoms with Gasteiger partial charge in [-0.2, -0.15) is 4.57 Å². The maximum atomic E-state index is 5.65. The van der Waals surface area contributed by atoms with Gasteiger partial charge in [-0.05, 0) is 30.3 Å². The zero-order valence-corrected chi connectivity index (χ0v) is 12.9. The molecule has 21 heavy (non-hydrogen) atoms. The lowest BCUT2D eigenvalue weighted by Gasteiger charge is -2.01. The molecule has 2 aromatic carbocycles. The number of fused-ring (bicyclic) bond motifs is 1. The average molecular weight is 297 g/mol. The predicted octanol–water partition coefficient (Wildman–Crippen LogP) is 3.82. The molecule has 0 radical (unpaired) electrons. The van der Waals surface area contributed by atoms with Crippen LogP contribution in [-0.2, 0) is 7.05 Å². The Morgan fingerprint density at radius 2 is 1.86 bits per heavy atom. The van der Waals surface area contributed by atoms with Gasteiger partial charge in [0, 0.05) is 18.8 Å². The largest absolute Gasteiger partial charge is 0.465 e. The van der Waals surface area contributed by atoms with Crippen molar-refractivity contribution in [1.82, 2.24) is 0 Å². The van der Waals surface area contributed by atoms with Crippen molar-refractivity contribution in [3.63, 3.8) is 0 Å². The Balaban J connectivity index is 1.76. The van der Waals surface area contributed by atoms with Crippen molar-refractivity contribution in [2.24, 2.45) is 7.05 Å². The van der Waals surface area contributed by atoms with E-state index in [1.165, 1.54) is 10.2 Å². The summed E-state index contributed by atoms with van der Waals surface area (Å²) >= 11 is 1.75. The first kappa shape index (κ1) is 13.6. The third-order valence-electron chi connectivity index (χ3n) is 3.33. The van der Waals surface area contributed by atoms with Crippen molar-refractivity contribution < 1.29 is 9.30 Å². The summed E-state index contributed by atoms with van der Waals surface area (Å²) in [5.74, 6) is 0.828. The van der Waals surface area contributed by atoms with Gasteiger partial charge in [0.2, 0.25) is 5.52 Å². The first-order chi connectivity index (χ1) is 10.3. The molecule has 0 aliphatic heterocycles. The second-order valence-corrected chi connectivity index (χ2v) is 5.72. The quantitative estimate of drug-likeness (QED) is 0.585. The van der Waals surface area contributed by atoms with Crippen molar-refractivity contribution in [2.75, 3.05) is 12.4 Å². The molecule has 0 unspecified atom stereocenters. The number of nitrogens with one attached hydrogen (secondary N) is 1. The number of aromatic nitrogens is 1. The Hall–Kier alpha value is -2.33. The van der Waals surface area contributed by atoms with Gasteiger partial charge in [0.25, 0.3) is 5.01 Å². The molecule has 0 amide bonds. The highest BCUT2D eigenvalue weighted by atomic mass is 32.1. The minimum atomic E-state index is 0.828. The fourth-order valence-corrected chi connectivity index (χ4v) is 3.18. The van der Waals surface area contributed by atoms with E-state index in [-0.39, 0.29) is 0 Å². The van der Waals surface area contributed by atoms with Crippen molar-refractivity contribution in [3.8, 4) is 5.75 Å². The third kappa shape index (κ3) is 2.90. The molecule has 0 saturated carbocycles. The summed E-state index contributed by atoms with van der Waals surface area (Å²) in [6.45, 7) is 0. The van der Waals surface area contributed by atoms with E-state index in [0.717, 1.165) is 16.4 Å². The van der Waals surface area contributed by atoms with E-state index in [2.05, 4.69) is 41.2 Å². The second kappa shape index (κ2) is 5.97. The zero-order chi connectivity index (χ0) is 14.7. The van der Waals surface area contributed by atoms with E-state index in [4.69, 9.17) is 4.74 Å². The van der Waals surface area contributed by atoms with Crippen LogP contribution in [0.25, 0.3) is 16.3 Å². The van der Waals surface area contributed by atoms with E-state index in [1.54, 1.807) is 17.6 Å². The van der Waals surface area contributed by atoms with Gasteiger partial charge in [0.1, 0.15) is 17.5 Å². The number of nitrogens with zero attached hydrogens (tertiary/aromatic N) is 1. The van der Waals surface area contributed by atoms with E-state index < -0.39 is 0 Å². The second-order valence-electron chi connectivity index (χ2n) is 4.66. The number of benzene rings is 2. The predicted molar refractivity (Wildman–Crippen MR) is 88.7 cm³/mol. The van der Waals surface area contributed by atoms with Crippen LogP contribution in [0.15, 0.2) is 54.8 Å². The number of anilines is 1. The molecular weight excluding hydrogens is 280 g/mol. The fourth-order valence-electron chi connectivity index (χ4n) is 2.14. The number of para-hydroxylation sites is 1. The van der Waals surface area contributed by atoms with Crippen LogP contribution < -0.4 is 14.6 Å². The highest BCUT2D eigenvalue weighted by Crippen LogP contribution is 2.21. The van der Waals surface area contributed by atoms with E-state index in [1.807, 2.05) is 37.4 Å². The van der Waals surface area contributed by atoms with Crippen molar-refractivity contribution in [1.29, 1.82) is 0 Å². The Bertz CT molecular complexity index is 775. The molecule has 0 aliphatic carbocycles. The minimum absolute atomic E-state index is 0.828. The summed E-state index contributed by atoms with van der Waals surface area (Å²) in [7, 11) is 3.97. The van der Waals surface area contributed by atoms with Crippen molar-refractivity contribution in [3.05, 3.63) is 59.8 Å². The van der Waals surface area contributed by atoms with Gasteiger partial charge in [0.15, 0.2) is 0 Å². The highest BCUT2D eigenvalue weighted by molar-refractivity contribution is 7.18. The molecule has 1 heterocycles. The summed E-state index contributed by atoms with van der Waals surface area (Å²) in [4.78, 5) is 0. The fraction of sp³-hybridized carbons (Fsp3) is 0.118. The number of thiazole rings is 1. The molecule has 1 aromatic heterocycles. The first-order valence-corrected chi connectivity index (χ1v) is 7.58. The summed E-state index contributed by atoms with van der Waals surface area (Å²) in [5.41, 5.74) is 2.31. The lowest BCUT2D eigenvalue weighted by atomic mass is 10.3. The Labute approximate surface area is 128 Å². The molecule has 0 saturated heterocycles. The standard InChI is InChI=1S/C17H17N2OS/c1-18-13-7-9-14(10-8-13)20-12-11-17-19(2)15-5-3-4-6-16(15)21-17/h3-12,18H,1-2H3/q+1/b12-11+. The van der Waals surface area contributed by atoms with Crippen LogP contribution in [0.4, 0.5) is 5.69 Å². The van der Waals surface area contributed by atoms with Gasteiger partial charge in [-0.25, -0.2) is 0 Å². The van der Waals surface area contributed by atoms with Crippen molar-refractivity contribution in [2.45, 2.75) is 0 Å². The summed E-state index contributed by atoms with van der Waals surface area (Å²) in [6.07, 6.45) is 3.73. The van der Waals surface area contributed by atoms with E-state index in [9.17, 15) is 0 Å². The topological polar surface area (TPSA) is 25.1 Å². The van der Waals surface area contributed by atoms with Gasteiger partial charge >= 0.3 is 0 Å². The maximum Gasteiger partial charge on any atom is 0.265 e. The SMILES string of the molecule is CNc1ccc(O/C=C/c2sc3ccccc3[n+]2C)cc1. The van der Waals surface area contributed by atoms with E-state index in [0.29, 0.717) is 0 Å². The number of hydrogen-bond acceptors (Lipinski definition) is 3. The Morgan fingerprint density at radius 1 is 1.10 bits per heavy atom. The zero-order valence-electron chi connectivity index (χ0n) is 12.0. The van der Waals surface area contributed by atoms with Gasteiger partial charge in [-0.3, -0.25) is 0 Å². The smallest absolute Gasteiger partial charge is 0.265 e. The number of ether oxygens (including phenoxy) is 1. The molecular formula is C17H17N2OS+. The summed E-state index contributed by atoms with van der Waals surface area (Å²) < 4.78 is 9.09. The molecule has 106 valence electrons. The normalized spacial score (nSPS) is 11.1. The molecule has 0 fully saturated rings. The highest BCUT2D eigenvalue weighted by Gasteiger charge is 2.13. The molecule has 4 heteroatoms. The van der Waals surface area contributed by atoms with Crippen LogP contribution in [-0.4, -0.2) is 7.05 Å². The van der Waals surface area contributed by atoms with Crippen LogP contribution in [0.1, 0.15) is 5.01 Å². The number of hydrogen-bond donors (Lipinski definition) is 1. The molecule has 3 rings (SSSR count). The molecule has 3 nitrogen and oxygen atoms in total. The average Bonchev–Trinajstić information content (AvgIpc) is 2.85. The van der Waals surface area contributed by atoms with Gasteiger partial charge in [-0.1, -0.05) is 23.5 Å². The molecule has 1 N–H and O–H groups in total. The lowest BCUT2D eigenvalue weighted by molar-refractivity contribution is -0.642. The van der Waals surface area contributed by atoms with Crippen molar-refractivity contribution >= 4 is 33.3 Å². The van der Waals surface area contributed by atoms with Crippen LogP contribution in [0.3, 0.4) is 0 Å². The summed E-state index contributed by atoms with van der Waals surface area (Å²) in [5, 5.41) is 4.24. The van der Waals surface area contributed by atoms with Gasteiger partial charge in [-0.15, -0.1) is 0 Å². The van der Waals surface area contributed by atoms with Gasteiger partial charge < -0.3 is 10.1 Å². The molecule has 0 atom stereocenters. The first-order valence-electron chi connectivity index (χ1n) is 6.76. The maximum absolute atomic E-state index is 5.65. The molecule has 3 aromatic rings. The number of rotatable bonds is 4. The monoisotopic (exact) mass is 297 g/mol. The third-order valence-corrected chi connectivity index (χ3v) is 4.51. The van der Waals surface area contributed by atoms with Gasteiger partial charge in [0.05, 0.1) is 12.3 Å². The minimum Gasteiger partial charge on any atom is -0.465 e. The number of aryl methyl sites for hydroxylation is 1. The van der Waals surface area contributed by atoms with Crippen LogP contribution >= 0.6 is 11.3 Å². The summed E-state index contributed by atoms with van der Waals surface area (Å²) in [6, 6.07) is 16.2. The van der Waals surface area contributed by atoms with E-state index >= 15 is 0 Å². The Kier molecular flexibility index (Phi) is 3.88. The molecule has 0 aliphatic rings. The molecule has 0 spiro atoms. The van der Waals surface area contributed by atoms with Crippen LogP contribution in [0.2, 0.25) is 0 Å². The van der Waals surface area contributed by atoms with Crippen LogP contribution in [0, 0.1) is 0 Å². The lowest BCUT2D eigenvalue weighted by Crippen LogP contribution is -2.28. The van der Waals surface area contributed by atoms with Crippen LogP contribution in [0.5, 0.6) is 5.75 Å². The Morgan fingerprint density at radius 3 is 2.57 bits per heavy atom.